The molecule has 0 saturated heterocycles. The molecular weight excluding hydrogens is 303 g/mol. The van der Waals surface area contributed by atoms with Crippen LogP contribution in [-0.4, -0.2) is 27.6 Å². The summed E-state index contributed by atoms with van der Waals surface area (Å²) in [5.41, 5.74) is 0.330. The van der Waals surface area contributed by atoms with Gasteiger partial charge in [0.25, 0.3) is 0 Å². The van der Waals surface area contributed by atoms with Crippen molar-refractivity contribution in [3.63, 3.8) is 0 Å². The lowest BCUT2D eigenvalue weighted by atomic mass is 10.3. The minimum Gasteiger partial charge on any atom is -0.486 e. The molecule has 0 bridgehead atoms. The monoisotopic (exact) mass is 316 g/mol. The number of aromatic carboxylic acids is 1. The number of carbonyl (C=O) groups is 1. The number of rotatable bonds is 5. The SMILES string of the molecule is COc1cccc2c(C(=O)O)nc(COc3ccc(F)cc3)n12. The van der Waals surface area contributed by atoms with Crippen molar-refractivity contribution >= 4 is 11.5 Å². The van der Waals surface area contributed by atoms with Crippen LogP contribution in [-0.2, 0) is 6.61 Å². The van der Waals surface area contributed by atoms with E-state index in [0.29, 0.717) is 23.0 Å². The largest absolute Gasteiger partial charge is 0.486 e. The summed E-state index contributed by atoms with van der Waals surface area (Å²) in [4.78, 5) is 15.5. The Morgan fingerprint density at radius 3 is 2.65 bits per heavy atom. The molecule has 0 spiro atoms. The summed E-state index contributed by atoms with van der Waals surface area (Å²) in [7, 11) is 1.49. The smallest absolute Gasteiger partial charge is 0.356 e. The molecule has 0 unspecified atom stereocenters. The number of halogens is 1. The van der Waals surface area contributed by atoms with E-state index in [1.807, 2.05) is 0 Å². The van der Waals surface area contributed by atoms with Crippen molar-refractivity contribution in [2.45, 2.75) is 6.61 Å². The molecular formula is C16H13FN2O4. The highest BCUT2D eigenvalue weighted by Crippen LogP contribution is 2.22. The summed E-state index contributed by atoms with van der Waals surface area (Å²) >= 11 is 0. The highest BCUT2D eigenvalue weighted by molar-refractivity contribution is 5.93. The minimum atomic E-state index is -1.14. The summed E-state index contributed by atoms with van der Waals surface area (Å²) in [6.45, 7) is 0.0143. The number of pyridine rings is 1. The van der Waals surface area contributed by atoms with Crippen LogP contribution in [0.2, 0.25) is 0 Å². The third-order valence-electron chi connectivity index (χ3n) is 3.29. The molecule has 0 aliphatic carbocycles. The van der Waals surface area contributed by atoms with Gasteiger partial charge in [-0.05, 0) is 36.4 Å². The summed E-state index contributed by atoms with van der Waals surface area (Å²) < 4.78 is 25.3. The van der Waals surface area contributed by atoms with E-state index in [0.717, 1.165) is 0 Å². The van der Waals surface area contributed by atoms with E-state index >= 15 is 0 Å². The van der Waals surface area contributed by atoms with Crippen molar-refractivity contribution in [2.24, 2.45) is 0 Å². The number of carboxylic acids is 1. The lowest BCUT2D eigenvalue weighted by Gasteiger charge is -2.08. The van der Waals surface area contributed by atoms with Crippen molar-refractivity contribution in [1.82, 2.24) is 9.38 Å². The molecule has 0 aliphatic heterocycles. The molecule has 0 atom stereocenters. The van der Waals surface area contributed by atoms with Crippen molar-refractivity contribution in [2.75, 3.05) is 7.11 Å². The van der Waals surface area contributed by atoms with Gasteiger partial charge in [0, 0.05) is 0 Å². The highest BCUT2D eigenvalue weighted by Gasteiger charge is 2.19. The van der Waals surface area contributed by atoms with Gasteiger partial charge in [0.1, 0.15) is 18.2 Å². The first-order valence-corrected chi connectivity index (χ1v) is 6.76. The van der Waals surface area contributed by atoms with Crippen molar-refractivity contribution in [3.05, 3.63) is 59.8 Å². The first-order valence-electron chi connectivity index (χ1n) is 6.76. The maximum atomic E-state index is 12.9. The standard InChI is InChI=1S/C16H13FN2O4/c1-22-14-4-2-3-12-15(16(20)21)18-13(19(12)14)9-23-11-7-5-10(17)6-8-11/h2-8H,9H2,1H3,(H,20,21). The van der Waals surface area contributed by atoms with Crippen LogP contribution in [0.25, 0.3) is 5.52 Å². The maximum absolute atomic E-state index is 12.9. The third-order valence-corrected chi connectivity index (χ3v) is 3.29. The second-order valence-electron chi connectivity index (χ2n) is 4.71. The molecule has 118 valence electrons. The second kappa shape index (κ2) is 5.96. The van der Waals surface area contributed by atoms with E-state index in [2.05, 4.69) is 4.98 Å². The fraction of sp³-hybridized carbons (Fsp3) is 0.125. The Morgan fingerprint density at radius 2 is 2.00 bits per heavy atom. The number of nitrogens with zero attached hydrogens (tertiary/aromatic N) is 2. The van der Waals surface area contributed by atoms with E-state index in [-0.39, 0.29) is 18.1 Å². The quantitative estimate of drug-likeness (QED) is 0.783. The van der Waals surface area contributed by atoms with Crippen LogP contribution in [0, 0.1) is 5.82 Å². The van der Waals surface area contributed by atoms with Gasteiger partial charge in [0.15, 0.2) is 17.4 Å². The van der Waals surface area contributed by atoms with Crippen LogP contribution in [0.5, 0.6) is 11.6 Å². The van der Waals surface area contributed by atoms with Gasteiger partial charge in [-0.2, -0.15) is 0 Å². The van der Waals surface area contributed by atoms with Crippen LogP contribution >= 0.6 is 0 Å². The summed E-state index contributed by atoms with van der Waals surface area (Å²) in [5, 5.41) is 9.28. The summed E-state index contributed by atoms with van der Waals surface area (Å²) in [6.07, 6.45) is 0. The predicted molar refractivity (Wildman–Crippen MR) is 79.4 cm³/mol. The summed E-state index contributed by atoms with van der Waals surface area (Å²) in [5.74, 6) is -0.225. The average molecular weight is 316 g/mol. The Hall–Kier alpha value is -3.09. The molecule has 2 heterocycles. The highest BCUT2D eigenvalue weighted by atomic mass is 19.1. The van der Waals surface area contributed by atoms with Gasteiger partial charge < -0.3 is 14.6 Å². The normalized spacial score (nSPS) is 10.7. The minimum absolute atomic E-state index is 0.0143. The molecule has 3 rings (SSSR count). The number of hydrogen-bond donors (Lipinski definition) is 1. The zero-order chi connectivity index (χ0) is 16.4. The maximum Gasteiger partial charge on any atom is 0.356 e. The molecule has 0 saturated carbocycles. The molecule has 7 heteroatoms. The second-order valence-corrected chi connectivity index (χ2v) is 4.71. The number of benzene rings is 1. The molecule has 1 N–H and O–H groups in total. The van der Waals surface area contributed by atoms with Gasteiger partial charge in [-0.25, -0.2) is 14.2 Å². The molecule has 0 aliphatic rings. The average Bonchev–Trinajstić information content (AvgIpc) is 2.93. The molecule has 1 aromatic carbocycles. The van der Waals surface area contributed by atoms with Crippen molar-refractivity contribution in [1.29, 1.82) is 0 Å². The first-order chi connectivity index (χ1) is 11.1. The molecule has 2 aromatic heterocycles. The number of hydrogen-bond acceptors (Lipinski definition) is 4. The van der Waals surface area contributed by atoms with Crippen LogP contribution in [0.15, 0.2) is 42.5 Å². The fourth-order valence-electron chi connectivity index (χ4n) is 2.27. The van der Waals surface area contributed by atoms with Gasteiger partial charge in [-0.1, -0.05) is 6.07 Å². The Balaban J connectivity index is 1.99. The fourth-order valence-corrected chi connectivity index (χ4v) is 2.27. The van der Waals surface area contributed by atoms with Crippen LogP contribution in [0.1, 0.15) is 16.3 Å². The number of imidazole rings is 1. The molecule has 0 amide bonds. The molecule has 0 radical (unpaired) electrons. The number of ether oxygens (including phenoxy) is 2. The Bertz CT molecular complexity index is 858. The molecule has 23 heavy (non-hydrogen) atoms. The Kier molecular flexibility index (Phi) is 3.84. The zero-order valence-electron chi connectivity index (χ0n) is 12.2. The van der Waals surface area contributed by atoms with Crippen molar-refractivity contribution < 1.29 is 23.8 Å². The number of methoxy groups -OCH3 is 1. The van der Waals surface area contributed by atoms with E-state index in [9.17, 15) is 14.3 Å². The molecule has 3 aromatic rings. The van der Waals surface area contributed by atoms with E-state index < -0.39 is 5.97 Å². The third kappa shape index (κ3) is 2.80. The van der Waals surface area contributed by atoms with E-state index in [1.54, 1.807) is 22.6 Å². The lowest BCUT2D eigenvalue weighted by molar-refractivity contribution is 0.0693. The Labute approximate surface area is 130 Å². The van der Waals surface area contributed by atoms with Gasteiger partial charge in [0.2, 0.25) is 0 Å². The number of carboxylic acid groups (broad SMARTS) is 1. The van der Waals surface area contributed by atoms with Crippen LogP contribution < -0.4 is 9.47 Å². The van der Waals surface area contributed by atoms with Gasteiger partial charge >= 0.3 is 5.97 Å². The van der Waals surface area contributed by atoms with Crippen LogP contribution in [0.3, 0.4) is 0 Å². The van der Waals surface area contributed by atoms with E-state index in [4.69, 9.17) is 9.47 Å². The van der Waals surface area contributed by atoms with E-state index in [1.165, 1.54) is 31.4 Å². The van der Waals surface area contributed by atoms with Crippen LogP contribution in [0.4, 0.5) is 4.39 Å². The topological polar surface area (TPSA) is 73.1 Å². The van der Waals surface area contributed by atoms with Gasteiger partial charge in [0.05, 0.1) is 12.6 Å². The lowest BCUT2D eigenvalue weighted by Crippen LogP contribution is -2.03. The first kappa shape index (κ1) is 14.8. The molecule has 0 fully saturated rings. The number of aromatic nitrogens is 2. The molecule has 6 nitrogen and oxygen atoms in total. The predicted octanol–water partition coefficient (Wildman–Crippen LogP) is 2.76. The zero-order valence-corrected chi connectivity index (χ0v) is 12.2. The Morgan fingerprint density at radius 1 is 1.26 bits per heavy atom. The van der Waals surface area contributed by atoms with Gasteiger partial charge in [-0.3, -0.25) is 4.40 Å². The van der Waals surface area contributed by atoms with Gasteiger partial charge in [-0.15, -0.1) is 0 Å². The van der Waals surface area contributed by atoms with Crippen molar-refractivity contribution in [3.8, 4) is 11.6 Å². The number of fused-ring (bicyclic) bond motifs is 1. The summed E-state index contributed by atoms with van der Waals surface area (Å²) in [6, 6.07) is 10.6.